The van der Waals surface area contributed by atoms with Crippen LogP contribution in [0.2, 0.25) is 5.02 Å². The van der Waals surface area contributed by atoms with Crippen LogP contribution in [0.4, 0.5) is 0 Å². The van der Waals surface area contributed by atoms with E-state index in [0.717, 1.165) is 5.56 Å². The number of H-pyrrole nitrogens is 1. The molecule has 4 heteroatoms. The summed E-state index contributed by atoms with van der Waals surface area (Å²) >= 11 is 6.08. The van der Waals surface area contributed by atoms with Gasteiger partial charge in [-0.15, -0.1) is 0 Å². The molecule has 3 nitrogen and oxygen atoms in total. The van der Waals surface area contributed by atoms with Gasteiger partial charge in [-0.05, 0) is 23.8 Å². The van der Waals surface area contributed by atoms with Gasteiger partial charge in [0.2, 0.25) is 0 Å². The Bertz CT molecular complexity index is 838. The summed E-state index contributed by atoms with van der Waals surface area (Å²) in [7, 11) is 0. The molecule has 1 N–H and O–H groups in total. The number of aromatic nitrogens is 2. The van der Waals surface area contributed by atoms with E-state index in [-0.39, 0.29) is 5.56 Å². The minimum Gasteiger partial charge on any atom is -0.306 e. The fourth-order valence-electron chi connectivity index (χ4n) is 1.96. The Morgan fingerprint density at radius 2 is 1.80 bits per heavy atom. The summed E-state index contributed by atoms with van der Waals surface area (Å²) < 4.78 is 0. The molecule has 0 aliphatic rings. The van der Waals surface area contributed by atoms with Crippen LogP contribution in [0.3, 0.4) is 0 Å². The highest BCUT2D eigenvalue weighted by Gasteiger charge is 2.04. The first-order chi connectivity index (χ1) is 9.74. The van der Waals surface area contributed by atoms with E-state index in [1.807, 2.05) is 36.4 Å². The van der Waals surface area contributed by atoms with E-state index in [9.17, 15) is 4.79 Å². The minimum atomic E-state index is -0.190. The molecule has 98 valence electrons. The maximum absolute atomic E-state index is 12.0. The standard InChI is InChI=1S/C16H11ClN2O/c17-13-8-4-7-12-15(13)18-14(19-16(12)20)10-9-11-5-2-1-3-6-11/h1-10H,(H,18,19,20)/b10-9+. The molecule has 3 aromatic rings. The fourth-order valence-corrected chi connectivity index (χ4v) is 2.18. The Hall–Kier alpha value is -2.39. The van der Waals surface area contributed by atoms with Crippen LogP contribution in [0.15, 0.2) is 53.3 Å². The van der Waals surface area contributed by atoms with Crippen molar-refractivity contribution >= 4 is 34.7 Å². The molecule has 0 saturated carbocycles. The maximum atomic E-state index is 12.0. The molecule has 20 heavy (non-hydrogen) atoms. The lowest BCUT2D eigenvalue weighted by Crippen LogP contribution is -2.09. The van der Waals surface area contributed by atoms with Crippen LogP contribution in [0, 0.1) is 0 Å². The summed E-state index contributed by atoms with van der Waals surface area (Å²) in [6.45, 7) is 0. The highest BCUT2D eigenvalue weighted by Crippen LogP contribution is 2.18. The second-order valence-corrected chi connectivity index (χ2v) is 4.74. The van der Waals surface area contributed by atoms with Gasteiger partial charge in [0.25, 0.3) is 5.56 Å². The lowest BCUT2D eigenvalue weighted by molar-refractivity contribution is 1.14. The number of nitrogens with one attached hydrogen (secondary N) is 1. The van der Waals surface area contributed by atoms with Crippen LogP contribution in [0.1, 0.15) is 11.4 Å². The van der Waals surface area contributed by atoms with E-state index in [1.54, 1.807) is 24.3 Å². The molecule has 1 heterocycles. The van der Waals surface area contributed by atoms with E-state index in [4.69, 9.17) is 11.6 Å². The van der Waals surface area contributed by atoms with Crippen molar-refractivity contribution in [2.24, 2.45) is 0 Å². The van der Waals surface area contributed by atoms with Crippen LogP contribution < -0.4 is 5.56 Å². The number of halogens is 1. The van der Waals surface area contributed by atoms with Gasteiger partial charge in [0.15, 0.2) is 0 Å². The zero-order chi connectivity index (χ0) is 13.9. The van der Waals surface area contributed by atoms with Crippen LogP contribution in [0.25, 0.3) is 23.1 Å². The molecule has 3 rings (SSSR count). The summed E-state index contributed by atoms with van der Waals surface area (Å²) in [5.41, 5.74) is 1.37. The number of hydrogen-bond donors (Lipinski definition) is 1. The second kappa shape index (κ2) is 5.31. The van der Waals surface area contributed by atoms with Crippen molar-refractivity contribution in [2.75, 3.05) is 0 Å². The normalized spacial score (nSPS) is 11.2. The van der Waals surface area contributed by atoms with E-state index in [1.165, 1.54) is 0 Å². The molecular formula is C16H11ClN2O. The van der Waals surface area contributed by atoms with E-state index in [2.05, 4.69) is 9.97 Å². The summed E-state index contributed by atoms with van der Waals surface area (Å²) in [5.74, 6) is 0.486. The summed E-state index contributed by atoms with van der Waals surface area (Å²) in [5, 5.41) is 0.970. The zero-order valence-corrected chi connectivity index (χ0v) is 11.3. The van der Waals surface area contributed by atoms with Crippen molar-refractivity contribution in [3.05, 3.63) is 75.3 Å². The maximum Gasteiger partial charge on any atom is 0.259 e. The van der Waals surface area contributed by atoms with Gasteiger partial charge in [0.1, 0.15) is 5.82 Å². The molecule has 0 fully saturated rings. The van der Waals surface area contributed by atoms with E-state index < -0.39 is 0 Å². The predicted molar refractivity (Wildman–Crippen MR) is 82.7 cm³/mol. The van der Waals surface area contributed by atoms with Gasteiger partial charge < -0.3 is 4.98 Å². The molecule has 0 aliphatic heterocycles. The van der Waals surface area contributed by atoms with Gasteiger partial charge in [-0.2, -0.15) is 0 Å². The highest BCUT2D eigenvalue weighted by molar-refractivity contribution is 6.35. The lowest BCUT2D eigenvalue weighted by Gasteiger charge is -2.00. The molecule has 2 aromatic carbocycles. The molecule has 0 spiro atoms. The molecule has 0 amide bonds. The molecule has 0 radical (unpaired) electrons. The number of benzene rings is 2. The minimum absolute atomic E-state index is 0.190. The predicted octanol–water partition coefficient (Wildman–Crippen LogP) is 3.75. The van der Waals surface area contributed by atoms with Crippen molar-refractivity contribution in [1.29, 1.82) is 0 Å². The largest absolute Gasteiger partial charge is 0.306 e. The van der Waals surface area contributed by atoms with Gasteiger partial charge in [-0.25, -0.2) is 4.98 Å². The van der Waals surface area contributed by atoms with E-state index in [0.29, 0.717) is 21.7 Å². The van der Waals surface area contributed by atoms with Crippen molar-refractivity contribution in [1.82, 2.24) is 9.97 Å². The molecule has 0 bridgehead atoms. The van der Waals surface area contributed by atoms with Gasteiger partial charge in [0, 0.05) is 0 Å². The number of nitrogens with zero attached hydrogens (tertiary/aromatic N) is 1. The van der Waals surface area contributed by atoms with E-state index >= 15 is 0 Å². The highest BCUT2D eigenvalue weighted by atomic mass is 35.5. The average molecular weight is 283 g/mol. The quantitative estimate of drug-likeness (QED) is 0.778. The monoisotopic (exact) mass is 282 g/mol. The number of rotatable bonds is 2. The molecule has 0 atom stereocenters. The number of fused-ring (bicyclic) bond motifs is 1. The molecule has 0 saturated heterocycles. The van der Waals surface area contributed by atoms with Crippen LogP contribution in [-0.4, -0.2) is 9.97 Å². The van der Waals surface area contributed by atoms with Crippen molar-refractivity contribution in [3.63, 3.8) is 0 Å². The molecule has 0 aliphatic carbocycles. The Balaban J connectivity index is 2.07. The van der Waals surface area contributed by atoms with Gasteiger partial charge in [-0.1, -0.05) is 54.1 Å². The SMILES string of the molecule is O=c1[nH]c(/C=C/c2ccccc2)nc2c(Cl)cccc12. The number of aromatic amines is 1. The summed E-state index contributed by atoms with van der Waals surface area (Å²) in [6, 6.07) is 15.0. The van der Waals surface area contributed by atoms with Crippen molar-refractivity contribution in [3.8, 4) is 0 Å². The van der Waals surface area contributed by atoms with Crippen LogP contribution in [-0.2, 0) is 0 Å². The first-order valence-corrected chi connectivity index (χ1v) is 6.53. The first kappa shape index (κ1) is 12.6. The van der Waals surface area contributed by atoms with Crippen LogP contribution >= 0.6 is 11.6 Å². The first-order valence-electron chi connectivity index (χ1n) is 6.16. The Kier molecular flexibility index (Phi) is 3.35. The third-order valence-corrected chi connectivity index (χ3v) is 3.24. The molecule has 1 aromatic heterocycles. The second-order valence-electron chi connectivity index (χ2n) is 4.33. The Morgan fingerprint density at radius 3 is 2.60 bits per heavy atom. The topological polar surface area (TPSA) is 45.8 Å². The fraction of sp³-hybridized carbons (Fsp3) is 0. The lowest BCUT2D eigenvalue weighted by atomic mass is 10.2. The smallest absolute Gasteiger partial charge is 0.259 e. The zero-order valence-electron chi connectivity index (χ0n) is 10.5. The summed E-state index contributed by atoms with van der Waals surface area (Å²) in [4.78, 5) is 19.1. The van der Waals surface area contributed by atoms with Crippen molar-refractivity contribution < 1.29 is 0 Å². The Morgan fingerprint density at radius 1 is 1.00 bits per heavy atom. The van der Waals surface area contributed by atoms with Gasteiger partial charge >= 0.3 is 0 Å². The third-order valence-electron chi connectivity index (χ3n) is 2.94. The van der Waals surface area contributed by atoms with Gasteiger partial charge in [0.05, 0.1) is 15.9 Å². The van der Waals surface area contributed by atoms with Gasteiger partial charge in [-0.3, -0.25) is 4.79 Å². The molecule has 0 unspecified atom stereocenters. The molecular weight excluding hydrogens is 272 g/mol. The van der Waals surface area contributed by atoms with Crippen LogP contribution in [0.5, 0.6) is 0 Å². The third kappa shape index (κ3) is 2.49. The average Bonchev–Trinajstić information content (AvgIpc) is 2.47. The number of para-hydroxylation sites is 1. The van der Waals surface area contributed by atoms with Crippen molar-refractivity contribution in [2.45, 2.75) is 0 Å². The number of hydrogen-bond acceptors (Lipinski definition) is 2. The Labute approximate surface area is 120 Å². The summed E-state index contributed by atoms with van der Waals surface area (Å²) in [6.07, 6.45) is 3.65.